The van der Waals surface area contributed by atoms with Crippen LogP contribution in [0.25, 0.3) is 5.69 Å². The highest BCUT2D eigenvalue weighted by molar-refractivity contribution is 5.44. The molecule has 0 saturated carbocycles. The highest BCUT2D eigenvalue weighted by atomic mass is 15.0. The number of nitrogens with one attached hydrogen (secondary N) is 1. The molecule has 0 radical (unpaired) electrons. The second-order valence-electron chi connectivity index (χ2n) is 5.59. The fourth-order valence-corrected chi connectivity index (χ4v) is 2.61. The zero-order chi connectivity index (χ0) is 16.2. The molecule has 0 aliphatic heterocycles. The number of aryl methyl sites for hydroxylation is 3. The normalized spacial score (nSPS) is 10.7. The van der Waals surface area contributed by atoms with Gasteiger partial charge in [0.05, 0.1) is 6.33 Å². The topological polar surface area (TPSA) is 55.6 Å². The van der Waals surface area contributed by atoms with E-state index in [0.717, 1.165) is 36.0 Å². The smallest absolute Gasteiger partial charge is 0.130 e. The van der Waals surface area contributed by atoms with E-state index in [1.165, 1.54) is 11.1 Å². The molecule has 5 nitrogen and oxygen atoms in total. The lowest BCUT2D eigenvalue weighted by atomic mass is 10.1. The van der Waals surface area contributed by atoms with Gasteiger partial charge in [0.15, 0.2) is 0 Å². The number of hydrogen-bond acceptors (Lipinski definition) is 4. The molecular weight excluding hydrogens is 286 g/mol. The third kappa shape index (κ3) is 3.56. The predicted molar refractivity (Wildman–Crippen MR) is 91.8 cm³/mol. The Morgan fingerprint density at radius 3 is 2.70 bits per heavy atom. The van der Waals surface area contributed by atoms with Crippen LogP contribution in [-0.2, 0) is 13.0 Å². The van der Waals surface area contributed by atoms with Crippen molar-refractivity contribution in [3.8, 4) is 5.69 Å². The van der Waals surface area contributed by atoms with Crippen LogP contribution in [0, 0.1) is 13.8 Å². The van der Waals surface area contributed by atoms with E-state index in [1.807, 2.05) is 30.1 Å². The van der Waals surface area contributed by atoms with Crippen molar-refractivity contribution in [1.29, 1.82) is 0 Å². The van der Waals surface area contributed by atoms with Crippen LogP contribution < -0.4 is 5.32 Å². The molecule has 0 unspecified atom stereocenters. The van der Waals surface area contributed by atoms with Gasteiger partial charge in [-0.25, -0.2) is 15.0 Å². The van der Waals surface area contributed by atoms with Gasteiger partial charge in [0.1, 0.15) is 11.6 Å². The largest absolute Gasteiger partial charge is 0.366 e. The van der Waals surface area contributed by atoms with Gasteiger partial charge in [0.2, 0.25) is 0 Å². The summed E-state index contributed by atoms with van der Waals surface area (Å²) >= 11 is 0. The maximum Gasteiger partial charge on any atom is 0.130 e. The Bertz CT molecular complexity index is 793. The van der Waals surface area contributed by atoms with E-state index in [4.69, 9.17) is 0 Å². The molecule has 0 spiro atoms. The Hall–Kier alpha value is -2.69. The van der Waals surface area contributed by atoms with Gasteiger partial charge in [-0.1, -0.05) is 19.1 Å². The van der Waals surface area contributed by atoms with E-state index in [2.05, 4.69) is 52.3 Å². The van der Waals surface area contributed by atoms with Crippen LogP contribution in [0.2, 0.25) is 0 Å². The Morgan fingerprint density at radius 1 is 1.13 bits per heavy atom. The molecule has 0 saturated heterocycles. The van der Waals surface area contributed by atoms with Crippen molar-refractivity contribution in [3.63, 3.8) is 0 Å². The first-order chi connectivity index (χ1) is 11.2. The van der Waals surface area contributed by atoms with Crippen molar-refractivity contribution in [2.45, 2.75) is 33.7 Å². The van der Waals surface area contributed by atoms with Gasteiger partial charge in [0, 0.05) is 36.4 Å². The first-order valence-electron chi connectivity index (χ1n) is 7.82. The van der Waals surface area contributed by atoms with Crippen LogP contribution in [0.3, 0.4) is 0 Å². The second-order valence-corrected chi connectivity index (χ2v) is 5.59. The van der Waals surface area contributed by atoms with E-state index in [-0.39, 0.29) is 0 Å². The third-order valence-corrected chi connectivity index (χ3v) is 3.77. The van der Waals surface area contributed by atoms with Gasteiger partial charge < -0.3 is 9.88 Å². The summed E-state index contributed by atoms with van der Waals surface area (Å²) in [5, 5.41) is 3.39. The van der Waals surface area contributed by atoms with E-state index >= 15 is 0 Å². The van der Waals surface area contributed by atoms with Crippen LogP contribution in [-0.4, -0.2) is 19.5 Å². The van der Waals surface area contributed by atoms with Gasteiger partial charge in [-0.15, -0.1) is 0 Å². The van der Waals surface area contributed by atoms with Gasteiger partial charge in [-0.2, -0.15) is 0 Å². The fourth-order valence-electron chi connectivity index (χ4n) is 2.61. The van der Waals surface area contributed by atoms with Gasteiger partial charge in [0.25, 0.3) is 0 Å². The number of hydrogen-bond donors (Lipinski definition) is 1. The van der Waals surface area contributed by atoms with Gasteiger partial charge in [-0.05, 0) is 37.5 Å². The molecule has 118 valence electrons. The molecular formula is C18H21N5. The predicted octanol–water partition coefficient (Wildman–Crippen LogP) is 3.45. The van der Waals surface area contributed by atoms with Crippen LogP contribution in [0.5, 0.6) is 0 Å². The van der Waals surface area contributed by atoms with E-state index in [1.54, 1.807) is 6.20 Å². The molecule has 1 aromatic carbocycles. The number of anilines is 1. The summed E-state index contributed by atoms with van der Waals surface area (Å²) < 4.78 is 2.02. The maximum atomic E-state index is 4.44. The second kappa shape index (κ2) is 6.60. The number of benzene rings is 1. The average Bonchev–Trinajstić information content (AvgIpc) is 3.06. The molecule has 0 atom stereocenters. The van der Waals surface area contributed by atoms with Gasteiger partial charge >= 0.3 is 0 Å². The van der Waals surface area contributed by atoms with Crippen molar-refractivity contribution < 1.29 is 0 Å². The van der Waals surface area contributed by atoms with E-state index in [9.17, 15) is 0 Å². The van der Waals surface area contributed by atoms with Crippen molar-refractivity contribution in [2.24, 2.45) is 0 Å². The summed E-state index contributed by atoms with van der Waals surface area (Å²) in [5.74, 6) is 1.68. The number of imidazole rings is 1. The quantitative estimate of drug-likeness (QED) is 0.784. The zero-order valence-corrected chi connectivity index (χ0v) is 13.7. The zero-order valence-electron chi connectivity index (χ0n) is 13.7. The molecule has 0 bridgehead atoms. The lowest BCUT2D eigenvalue weighted by Gasteiger charge is -2.11. The Balaban J connectivity index is 1.74. The monoisotopic (exact) mass is 307 g/mol. The summed E-state index contributed by atoms with van der Waals surface area (Å²) in [4.78, 5) is 12.9. The van der Waals surface area contributed by atoms with Gasteiger partial charge in [-0.3, -0.25) is 0 Å². The number of rotatable bonds is 5. The lowest BCUT2D eigenvalue weighted by Crippen LogP contribution is -2.05. The highest BCUT2D eigenvalue weighted by Gasteiger charge is 2.04. The number of aromatic nitrogens is 4. The van der Waals surface area contributed by atoms with Crippen LogP contribution in [0.4, 0.5) is 5.82 Å². The molecule has 3 rings (SSSR count). The molecule has 0 fully saturated rings. The SMILES string of the molecule is CCc1cc(NCc2ccc(-n3ccnc3)c(C)c2)nc(C)n1. The average molecular weight is 307 g/mol. The lowest BCUT2D eigenvalue weighted by molar-refractivity contribution is 0.941. The summed E-state index contributed by atoms with van der Waals surface area (Å²) in [6, 6.07) is 8.46. The Kier molecular flexibility index (Phi) is 4.37. The standard InChI is InChI=1S/C18H21N5/c1-4-16-10-18(22-14(3)21-16)20-11-15-5-6-17(13(2)9-15)23-8-7-19-12-23/h5-10,12H,4,11H2,1-3H3,(H,20,21,22). The molecule has 2 aromatic heterocycles. The number of nitrogens with zero attached hydrogens (tertiary/aromatic N) is 4. The molecule has 0 amide bonds. The first kappa shape index (κ1) is 15.2. The minimum absolute atomic E-state index is 0.741. The van der Waals surface area contributed by atoms with E-state index in [0.29, 0.717) is 0 Å². The van der Waals surface area contributed by atoms with Crippen molar-refractivity contribution >= 4 is 5.82 Å². The summed E-state index contributed by atoms with van der Waals surface area (Å²) in [6.07, 6.45) is 6.47. The summed E-state index contributed by atoms with van der Waals surface area (Å²) in [7, 11) is 0. The molecule has 0 aliphatic carbocycles. The highest BCUT2D eigenvalue weighted by Crippen LogP contribution is 2.17. The molecule has 3 aromatic rings. The minimum Gasteiger partial charge on any atom is -0.366 e. The van der Waals surface area contributed by atoms with Crippen LogP contribution >= 0.6 is 0 Å². The molecule has 5 heteroatoms. The maximum absolute atomic E-state index is 4.44. The van der Waals surface area contributed by atoms with Crippen LogP contribution in [0.15, 0.2) is 43.0 Å². The van der Waals surface area contributed by atoms with Crippen molar-refractivity contribution in [3.05, 3.63) is 65.6 Å². The summed E-state index contributed by atoms with van der Waals surface area (Å²) in [5.41, 5.74) is 4.65. The van der Waals surface area contributed by atoms with Crippen molar-refractivity contribution in [1.82, 2.24) is 19.5 Å². The Morgan fingerprint density at radius 2 is 2.00 bits per heavy atom. The first-order valence-corrected chi connectivity index (χ1v) is 7.82. The Labute approximate surface area is 136 Å². The molecule has 1 N–H and O–H groups in total. The molecule has 0 aliphatic rings. The van der Waals surface area contributed by atoms with Crippen LogP contribution in [0.1, 0.15) is 29.6 Å². The minimum atomic E-state index is 0.741. The summed E-state index contributed by atoms with van der Waals surface area (Å²) in [6.45, 7) is 6.88. The molecule has 23 heavy (non-hydrogen) atoms. The fraction of sp³-hybridized carbons (Fsp3) is 0.278. The van der Waals surface area contributed by atoms with Crippen molar-refractivity contribution in [2.75, 3.05) is 5.32 Å². The molecule has 2 heterocycles. The van der Waals surface area contributed by atoms with E-state index < -0.39 is 0 Å². The third-order valence-electron chi connectivity index (χ3n) is 3.77.